The highest BCUT2D eigenvalue weighted by molar-refractivity contribution is 5.29. The summed E-state index contributed by atoms with van der Waals surface area (Å²) in [7, 11) is 1.66. The van der Waals surface area contributed by atoms with Gasteiger partial charge in [0.2, 0.25) is 0 Å². The Morgan fingerprint density at radius 1 is 1.15 bits per heavy atom. The molecule has 1 atom stereocenters. The molecule has 0 fully saturated rings. The maximum absolute atomic E-state index is 8.72. The zero-order valence-corrected chi connectivity index (χ0v) is 11.4. The van der Waals surface area contributed by atoms with Gasteiger partial charge in [-0.15, -0.1) is 0 Å². The van der Waals surface area contributed by atoms with Crippen molar-refractivity contribution in [2.75, 3.05) is 7.11 Å². The normalized spacial score (nSPS) is 11.4. The number of ether oxygens (including phenoxy) is 1. The molecular formula is C16H17N3O. The second-order valence-electron chi connectivity index (χ2n) is 4.52. The number of nitrogens with zero attached hydrogens (tertiary/aromatic N) is 3. The van der Waals surface area contributed by atoms with Gasteiger partial charge in [0, 0.05) is 4.91 Å². The van der Waals surface area contributed by atoms with E-state index in [4.69, 9.17) is 10.3 Å². The molecule has 0 N–H and O–H groups in total. The van der Waals surface area contributed by atoms with Crippen molar-refractivity contribution < 1.29 is 4.74 Å². The van der Waals surface area contributed by atoms with Crippen LogP contribution in [0.2, 0.25) is 0 Å². The predicted molar refractivity (Wildman–Crippen MR) is 79.6 cm³/mol. The van der Waals surface area contributed by atoms with Gasteiger partial charge >= 0.3 is 0 Å². The first-order chi connectivity index (χ1) is 9.83. The third-order valence-corrected chi connectivity index (χ3v) is 3.22. The Labute approximate surface area is 118 Å². The van der Waals surface area contributed by atoms with Gasteiger partial charge in [0.25, 0.3) is 0 Å². The van der Waals surface area contributed by atoms with Crippen molar-refractivity contribution in [1.29, 1.82) is 0 Å². The highest BCUT2D eigenvalue weighted by Gasteiger charge is 2.09. The van der Waals surface area contributed by atoms with Crippen LogP contribution in [-0.2, 0) is 6.42 Å². The molecule has 20 heavy (non-hydrogen) atoms. The average molecular weight is 267 g/mol. The van der Waals surface area contributed by atoms with Crippen molar-refractivity contribution in [3.63, 3.8) is 0 Å². The minimum absolute atomic E-state index is 0.132. The van der Waals surface area contributed by atoms with Crippen LogP contribution in [0.25, 0.3) is 10.4 Å². The number of aryl methyl sites for hydroxylation is 1. The van der Waals surface area contributed by atoms with Gasteiger partial charge < -0.3 is 4.74 Å². The molecule has 1 unspecified atom stereocenters. The molecule has 2 rings (SSSR count). The van der Waals surface area contributed by atoms with Gasteiger partial charge in [-0.2, -0.15) is 0 Å². The Balaban J connectivity index is 2.07. The Morgan fingerprint density at radius 2 is 1.95 bits per heavy atom. The summed E-state index contributed by atoms with van der Waals surface area (Å²) >= 11 is 0. The lowest BCUT2D eigenvalue weighted by Crippen LogP contribution is -1.97. The first kappa shape index (κ1) is 14.0. The standard InChI is InChI=1S/C16H17N3O/c1-20-15-9-5-6-13(12-15)10-11-16(18-19-17)14-7-3-2-4-8-14/h2-9,12,16H,10-11H2,1H3. The summed E-state index contributed by atoms with van der Waals surface area (Å²) in [6, 6.07) is 17.7. The highest BCUT2D eigenvalue weighted by atomic mass is 16.5. The molecule has 0 spiro atoms. The van der Waals surface area contributed by atoms with Crippen molar-refractivity contribution in [2.45, 2.75) is 18.9 Å². The van der Waals surface area contributed by atoms with Crippen LogP contribution in [0.3, 0.4) is 0 Å². The largest absolute Gasteiger partial charge is 0.497 e. The lowest BCUT2D eigenvalue weighted by Gasteiger charge is -2.11. The molecule has 102 valence electrons. The van der Waals surface area contributed by atoms with E-state index in [-0.39, 0.29) is 6.04 Å². The minimum Gasteiger partial charge on any atom is -0.497 e. The van der Waals surface area contributed by atoms with Gasteiger partial charge in [-0.3, -0.25) is 0 Å². The zero-order chi connectivity index (χ0) is 14.2. The van der Waals surface area contributed by atoms with Crippen molar-refractivity contribution in [2.24, 2.45) is 5.11 Å². The van der Waals surface area contributed by atoms with Gasteiger partial charge in [-0.05, 0) is 41.6 Å². The fourth-order valence-electron chi connectivity index (χ4n) is 2.16. The first-order valence-corrected chi connectivity index (χ1v) is 6.55. The lowest BCUT2D eigenvalue weighted by atomic mass is 9.99. The van der Waals surface area contributed by atoms with E-state index in [1.54, 1.807) is 7.11 Å². The number of hydrogen-bond donors (Lipinski definition) is 0. The topological polar surface area (TPSA) is 58.0 Å². The summed E-state index contributed by atoms with van der Waals surface area (Å²) in [5, 5.41) is 3.90. The van der Waals surface area contributed by atoms with E-state index in [0.29, 0.717) is 0 Å². The second kappa shape index (κ2) is 7.22. The fraction of sp³-hybridized carbons (Fsp3) is 0.250. The van der Waals surface area contributed by atoms with E-state index >= 15 is 0 Å². The van der Waals surface area contributed by atoms with Gasteiger partial charge in [0.1, 0.15) is 5.75 Å². The summed E-state index contributed by atoms with van der Waals surface area (Å²) in [6.07, 6.45) is 1.62. The fourth-order valence-corrected chi connectivity index (χ4v) is 2.16. The van der Waals surface area contributed by atoms with Crippen LogP contribution in [0.5, 0.6) is 5.75 Å². The van der Waals surface area contributed by atoms with E-state index in [1.165, 1.54) is 5.56 Å². The summed E-state index contributed by atoms with van der Waals surface area (Å²) in [5.74, 6) is 0.850. The van der Waals surface area contributed by atoms with Crippen molar-refractivity contribution in [3.8, 4) is 5.75 Å². The number of rotatable bonds is 6. The molecule has 4 heteroatoms. The SMILES string of the molecule is COc1cccc(CCC(N=[N+]=[N-])c2ccccc2)c1. The third kappa shape index (κ3) is 3.77. The molecule has 2 aromatic carbocycles. The second-order valence-corrected chi connectivity index (χ2v) is 4.52. The maximum atomic E-state index is 8.72. The average Bonchev–Trinajstić information content (AvgIpc) is 2.52. The summed E-state index contributed by atoms with van der Waals surface area (Å²) in [5.41, 5.74) is 10.9. The molecule has 0 radical (unpaired) electrons. The predicted octanol–water partition coefficient (Wildman–Crippen LogP) is 4.68. The molecule has 0 bridgehead atoms. The Kier molecular flexibility index (Phi) is 5.04. The van der Waals surface area contributed by atoms with Gasteiger partial charge in [0.15, 0.2) is 0 Å². The molecule has 0 amide bonds. The Bertz CT molecular complexity index is 592. The molecule has 0 aliphatic carbocycles. The summed E-state index contributed by atoms with van der Waals surface area (Å²) < 4.78 is 5.21. The van der Waals surface area contributed by atoms with Crippen molar-refractivity contribution in [3.05, 3.63) is 76.2 Å². The minimum atomic E-state index is -0.132. The van der Waals surface area contributed by atoms with Crippen molar-refractivity contribution >= 4 is 0 Å². The number of methoxy groups -OCH3 is 1. The molecule has 0 aliphatic rings. The van der Waals surface area contributed by atoms with Gasteiger partial charge in [-0.25, -0.2) is 0 Å². The van der Waals surface area contributed by atoms with Crippen LogP contribution in [0, 0.1) is 0 Å². The first-order valence-electron chi connectivity index (χ1n) is 6.55. The van der Waals surface area contributed by atoms with Crippen LogP contribution in [0.15, 0.2) is 59.7 Å². The molecule has 4 nitrogen and oxygen atoms in total. The number of azide groups is 1. The van der Waals surface area contributed by atoms with Gasteiger partial charge in [0.05, 0.1) is 13.2 Å². The number of hydrogen-bond acceptors (Lipinski definition) is 2. The third-order valence-electron chi connectivity index (χ3n) is 3.22. The van der Waals surface area contributed by atoms with Crippen LogP contribution < -0.4 is 4.74 Å². The van der Waals surface area contributed by atoms with E-state index in [2.05, 4.69) is 16.1 Å². The van der Waals surface area contributed by atoms with Crippen LogP contribution in [0.4, 0.5) is 0 Å². The summed E-state index contributed by atoms with van der Waals surface area (Å²) in [4.78, 5) is 2.96. The van der Waals surface area contributed by atoms with Crippen LogP contribution in [0.1, 0.15) is 23.6 Å². The van der Waals surface area contributed by atoms with E-state index < -0.39 is 0 Å². The van der Waals surface area contributed by atoms with E-state index in [9.17, 15) is 0 Å². The van der Waals surface area contributed by atoms with E-state index in [1.807, 2.05) is 48.5 Å². The van der Waals surface area contributed by atoms with Crippen LogP contribution in [-0.4, -0.2) is 7.11 Å². The summed E-state index contributed by atoms with van der Waals surface area (Å²) in [6.45, 7) is 0. The zero-order valence-electron chi connectivity index (χ0n) is 11.4. The van der Waals surface area contributed by atoms with Crippen LogP contribution >= 0.6 is 0 Å². The molecular weight excluding hydrogens is 250 g/mol. The van der Waals surface area contributed by atoms with Gasteiger partial charge in [-0.1, -0.05) is 47.6 Å². The molecule has 2 aromatic rings. The Hall–Kier alpha value is -2.45. The molecule has 0 aromatic heterocycles. The molecule has 0 saturated heterocycles. The Morgan fingerprint density at radius 3 is 2.65 bits per heavy atom. The maximum Gasteiger partial charge on any atom is 0.119 e. The molecule has 0 heterocycles. The molecule has 0 aliphatic heterocycles. The smallest absolute Gasteiger partial charge is 0.119 e. The van der Waals surface area contributed by atoms with E-state index in [0.717, 1.165) is 24.2 Å². The monoisotopic (exact) mass is 267 g/mol. The highest BCUT2D eigenvalue weighted by Crippen LogP contribution is 2.24. The number of benzene rings is 2. The van der Waals surface area contributed by atoms with Crippen molar-refractivity contribution in [1.82, 2.24) is 0 Å². The lowest BCUT2D eigenvalue weighted by molar-refractivity contribution is 0.414. The molecule has 0 saturated carbocycles. The quantitative estimate of drug-likeness (QED) is 0.426.